The summed E-state index contributed by atoms with van der Waals surface area (Å²) in [6.07, 6.45) is 5.42. The van der Waals surface area contributed by atoms with Gasteiger partial charge >= 0.3 is 0 Å². The molecule has 0 saturated carbocycles. The SMILES string of the molecule is CC(C)=CCOc1ccc([N+](=O)[O-])c(/C=C/N(C)C)c1. The Morgan fingerprint density at radius 3 is 2.65 bits per heavy atom. The van der Waals surface area contributed by atoms with E-state index in [4.69, 9.17) is 4.74 Å². The second-order valence-electron chi connectivity index (χ2n) is 4.85. The standard InChI is InChI=1S/C15H20N2O3/c1-12(2)8-10-20-14-5-6-15(17(18)19)13(11-14)7-9-16(3)4/h5-9,11H,10H2,1-4H3/b9-7+. The van der Waals surface area contributed by atoms with Gasteiger partial charge in [0.1, 0.15) is 12.4 Å². The zero-order valence-electron chi connectivity index (χ0n) is 12.3. The highest BCUT2D eigenvalue weighted by Gasteiger charge is 2.12. The Labute approximate surface area is 119 Å². The molecule has 0 atom stereocenters. The summed E-state index contributed by atoms with van der Waals surface area (Å²) >= 11 is 0. The molecule has 0 heterocycles. The Morgan fingerprint density at radius 1 is 1.40 bits per heavy atom. The van der Waals surface area contributed by atoms with Gasteiger partial charge in [-0.3, -0.25) is 10.1 Å². The summed E-state index contributed by atoms with van der Waals surface area (Å²) in [6, 6.07) is 4.76. The van der Waals surface area contributed by atoms with Crippen molar-refractivity contribution in [3.05, 3.63) is 51.7 Å². The van der Waals surface area contributed by atoms with E-state index in [1.807, 2.05) is 38.9 Å². The van der Waals surface area contributed by atoms with E-state index in [1.165, 1.54) is 11.6 Å². The van der Waals surface area contributed by atoms with Gasteiger partial charge in [-0.15, -0.1) is 0 Å². The Morgan fingerprint density at radius 2 is 2.10 bits per heavy atom. The number of rotatable bonds is 6. The zero-order chi connectivity index (χ0) is 15.1. The first-order chi connectivity index (χ1) is 9.40. The first kappa shape index (κ1) is 15.8. The molecule has 0 amide bonds. The van der Waals surface area contributed by atoms with Crippen LogP contribution in [0.25, 0.3) is 6.08 Å². The number of allylic oxidation sites excluding steroid dienone is 1. The fraction of sp³-hybridized carbons (Fsp3) is 0.333. The summed E-state index contributed by atoms with van der Waals surface area (Å²) < 4.78 is 5.55. The first-order valence-corrected chi connectivity index (χ1v) is 6.29. The van der Waals surface area contributed by atoms with Crippen LogP contribution in [0.1, 0.15) is 19.4 Å². The van der Waals surface area contributed by atoms with Crippen LogP contribution >= 0.6 is 0 Å². The van der Waals surface area contributed by atoms with Crippen molar-refractivity contribution in [3.63, 3.8) is 0 Å². The van der Waals surface area contributed by atoms with Gasteiger partial charge in [0.25, 0.3) is 5.69 Å². The third kappa shape index (κ3) is 5.14. The molecule has 0 unspecified atom stereocenters. The van der Waals surface area contributed by atoms with E-state index in [2.05, 4.69) is 0 Å². The summed E-state index contributed by atoms with van der Waals surface area (Å²) in [4.78, 5) is 12.4. The van der Waals surface area contributed by atoms with Crippen LogP contribution in [0, 0.1) is 10.1 Å². The lowest BCUT2D eigenvalue weighted by Crippen LogP contribution is -2.01. The smallest absolute Gasteiger partial charge is 0.276 e. The van der Waals surface area contributed by atoms with Crippen molar-refractivity contribution in [2.24, 2.45) is 0 Å². The van der Waals surface area contributed by atoms with Gasteiger partial charge in [0, 0.05) is 20.2 Å². The van der Waals surface area contributed by atoms with Crippen LogP contribution in [0.5, 0.6) is 5.75 Å². The first-order valence-electron chi connectivity index (χ1n) is 6.29. The maximum absolute atomic E-state index is 11.0. The molecule has 0 N–H and O–H groups in total. The molecule has 0 aliphatic rings. The lowest BCUT2D eigenvalue weighted by Gasteiger charge is -2.07. The summed E-state index contributed by atoms with van der Waals surface area (Å²) in [5.41, 5.74) is 1.76. The molecule has 0 fully saturated rings. The lowest BCUT2D eigenvalue weighted by molar-refractivity contribution is -0.385. The number of ether oxygens (including phenoxy) is 1. The van der Waals surface area contributed by atoms with Crippen LogP contribution in [0.3, 0.4) is 0 Å². The van der Waals surface area contributed by atoms with Crippen LogP contribution in [0.15, 0.2) is 36.0 Å². The molecule has 0 aromatic heterocycles. The molecule has 0 aliphatic heterocycles. The van der Waals surface area contributed by atoms with Crippen molar-refractivity contribution in [1.82, 2.24) is 4.90 Å². The monoisotopic (exact) mass is 276 g/mol. The van der Waals surface area contributed by atoms with Crippen LogP contribution < -0.4 is 4.74 Å². The van der Waals surface area contributed by atoms with Gasteiger partial charge in [0.05, 0.1) is 10.5 Å². The quantitative estimate of drug-likeness (QED) is 0.453. The average molecular weight is 276 g/mol. The van der Waals surface area contributed by atoms with Crippen molar-refractivity contribution < 1.29 is 9.66 Å². The Hall–Kier alpha value is -2.30. The lowest BCUT2D eigenvalue weighted by atomic mass is 10.1. The molecular weight excluding hydrogens is 256 g/mol. The fourth-order valence-electron chi connectivity index (χ4n) is 1.46. The van der Waals surface area contributed by atoms with E-state index in [1.54, 1.807) is 24.4 Å². The Balaban J connectivity index is 2.98. The fourth-order valence-corrected chi connectivity index (χ4v) is 1.46. The summed E-state index contributed by atoms with van der Waals surface area (Å²) in [5, 5.41) is 11.0. The minimum Gasteiger partial charge on any atom is -0.490 e. The van der Waals surface area contributed by atoms with Crippen LogP contribution in [0.2, 0.25) is 0 Å². The molecule has 0 saturated heterocycles. The molecule has 20 heavy (non-hydrogen) atoms. The van der Waals surface area contributed by atoms with E-state index in [9.17, 15) is 10.1 Å². The number of nitro groups is 1. The Bertz CT molecular complexity index is 530. The van der Waals surface area contributed by atoms with Gasteiger partial charge in [-0.1, -0.05) is 5.57 Å². The van der Waals surface area contributed by atoms with E-state index >= 15 is 0 Å². The molecule has 0 bridgehead atoms. The van der Waals surface area contributed by atoms with Crippen LogP contribution in [-0.2, 0) is 0 Å². The largest absolute Gasteiger partial charge is 0.490 e. The topological polar surface area (TPSA) is 55.6 Å². The van der Waals surface area contributed by atoms with Crippen LogP contribution in [0.4, 0.5) is 5.69 Å². The highest BCUT2D eigenvalue weighted by Crippen LogP contribution is 2.25. The number of hydrogen-bond donors (Lipinski definition) is 0. The molecule has 5 nitrogen and oxygen atoms in total. The number of nitrogens with zero attached hydrogens (tertiary/aromatic N) is 2. The van der Waals surface area contributed by atoms with Crippen molar-refractivity contribution in [2.45, 2.75) is 13.8 Å². The average Bonchev–Trinajstić information content (AvgIpc) is 2.35. The predicted molar refractivity (Wildman–Crippen MR) is 80.7 cm³/mol. The van der Waals surface area contributed by atoms with Gasteiger partial charge in [-0.05, 0) is 44.3 Å². The van der Waals surface area contributed by atoms with E-state index in [0.29, 0.717) is 17.9 Å². The van der Waals surface area contributed by atoms with Gasteiger partial charge in [0.15, 0.2) is 0 Å². The van der Waals surface area contributed by atoms with Gasteiger partial charge in [-0.2, -0.15) is 0 Å². The summed E-state index contributed by atoms with van der Waals surface area (Å²) in [7, 11) is 3.72. The summed E-state index contributed by atoms with van der Waals surface area (Å²) in [5.74, 6) is 0.617. The number of hydrogen-bond acceptors (Lipinski definition) is 4. The van der Waals surface area contributed by atoms with Gasteiger partial charge in [0.2, 0.25) is 0 Å². The maximum Gasteiger partial charge on any atom is 0.276 e. The molecule has 1 aromatic rings. The molecule has 108 valence electrons. The third-order valence-electron chi connectivity index (χ3n) is 2.49. The van der Waals surface area contributed by atoms with Crippen molar-refractivity contribution in [2.75, 3.05) is 20.7 Å². The highest BCUT2D eigenvalue weighted by molar-refractivity contribution is 5.62. The molecule has 0 aliphatic carbocycles. The molecule has 1 rings (SSSR count). The molecular formula is C15H20N2O3. The predicted octanol–water partition coefficient (Wildman–Crippen LogP) is 3.47. The molecule has 1 aromatic carbocycles. The number of benzene rings is 1. The second kappa shape index (κ2) is 7.33. The molecule has 0 radical (unpaired) electrons. The Kier molecular flexibility index (Phi) is 5.77. The summed E-state index contributed by atoms with van der Waals surface area (Å²) in [6.45, 7) is 4.44. The molecule has 5 heteroatoms. The van der Waals surface area contributed by atoms with E-state index < -0.39 is 4.92 Å². The highest BCUT2D eigenvalue weighted by atomic mass is 16.6. The minimum atomic E-state index is -0.394. The maximum atomic E-state index is 11.0. The molecule has 0 spiro atoms. The zero-order valence-corrected chi connectivity index (χ0v) is 12.3. The second-order valence-corrected chi connectivity index (χ2v) is 4.85. The normalized spacial score (nSPS) is 10.4. The minimum absolute atomic E-state index is 0.0673. The number of nitro benzene ring substituents is 1. The van der Waals surface area contributed by atoms with Gasteiger partial charge < -0.3 is 9.64 Å². The third-order valence-corrected chi connectivity index (χ3v) is 2.49. The van der Waals surface area contributed by atoms with E-state index in [-0.39, 0.29) is 5.69 Å². The van der Waals surface area contributed by atoms with Gasteiger partial charge in [-0.25, -0.2) is 0 Å². The van der Waals surface area contributed by atoms with E-state index in [0.717, 1.165) is 0 Å². The van der Waals surface area contributed by atoms with Crippen molar-refractivity contribution in [3.8, 4) is 5.75 Å². The van der Waals surface area contributed by atoms with Crippen LogP contribution in [-0.4, -0.2) is 30.5 Å². The van der Waals surface area contributed by atoms with Crippen molar-refractivity contribution >= 4 is 11.8 Å². The van der Waals surface area contributed by atoms with Crippen molar-refractivity contribution in [1.29, 1.82) is 0 Å².